The van der Waals surface area contributed by atoms with Crippen molar-refractivity contribution in [2.45, 2.75) is 25.9 Å². The standard InChI is InChI=1S/C28H31N5O3/c1-20-24-19-32(28(34)29-15-9-17-35-2)26(21-10-7-13-23(18-21)36-3)25-14-8-16-31(25)27(24)33(30-20)22-11-5-4-6-12-22/h4-8,10-14,16,18,26H,9,15,17,19H2,1-3H3,(H,29,34). The molecule has 2 aromatic carbocycles. The van der Waals surface area contributed by atoms with Gasteiger partial charge in [-0.05, 0) is 55.3 Å². The van der Waals surface area contributed by atoms with Crippen molar-refractivity contribution in [2.24, 2.45) is 0 Å². The third-order valence-corrected chi connectivity index (χ3v) is 6.56. The maximum absolute atomic E-state index is 13.7. The van der Waals surface area contributed by atoms with Crippen LogP contribution < -0.4 is 10.1 Å². The van der Waals surface area contributed by atoms with Crippen LogP contribution in [-0.2, 0) is 11.3 Å². The fourth-order valence-electron chi connectivity index (χ4n) is 4.83. The maximum Gasteiger partial charge on any atom is 0.318 e. The van der Waals surface area contributed by atoms with E-state index >= 15 is 0 Å². The van der Waals surface area contributed by atoms with E-state index in [1.54, 1.807) is 14.2 Å². The van der Waals surface area contributed by atoms with E-state index < -0.39 is 0 Å². The molecule has 8 heteroatoms. The quantitative estimate of drug-likeness (QED) is 0.388. The molecule has 0 bridgehead atoms. The van der Waals surface area contributed by atoms with Crippen LogP contribution in [0.3, 0.4) is 0 Å². The number of hydrogen-bond acceptors (Lipinski definition) is 4. The Balaban J connectivity index is 1.66. The van der Waals surface area contributed by atoms with Gasteiger partial charge in [0, 0.05) is 32.0 Å². The van der Waals surface area contributed by atoms with Crippen LogP contribution in [0.2, 0.25) is 0 Å². The lowest BCUT2D eigenvalue weighted by molar-refractivity contribution is 0.174. The van der Waals surface area contributed by atoms with Crippen molar-refractivity contribution in [2.75, 3.05) is 27.4 Å². The predicted octanol–water partition coefficient (Wildman–Crippen LogP) is 4.63. The third-order valence-electron chi connectivity index (χ3n) is 6.56. The van der Waals surface area contributed by atoms with E-state index in [1.165, 1.54) is 0 Å². The summed E-state index contributed by atoms with van der Waals surface area (Å²) >= 11 is 0. The number of amides is 2. The van der Waals surface area contributed by atoms with Crippen molar-refractivity contribution < 1.29 is 14.3 Å². The van der Waals surface area contributed by atoms with Crippen molar-refractivity contribution >= 4 is 6.03 Å². The molecular formula is C28H31N5O3. The van der Waals surface area contributed by atoms with Gasteiger partial charge >= 0.3 is 6.03 Å². The minimum absolute atomic E-state index is 0.133. The normalized spacial score (nSPS) is 14.6. The fraction of sp³-hybridized carbons (Fsp3) is 0.286. The highest BCUT2D eigenvalue weighted by Gasteiger charge is 2.36. The van der Waals surface area contributed by atoms with E-state index in [-0.39, 0.29) is 12.1 Å². The molecule has 1 atom stereocenters. The summed E-state index contributed by atoms with van der Waals surface area (Å²) in [7, 11) is 3.32. The van der Waals surface area contributed by atoms with Gasteiger partial charge in [0.2, 0.25) is 0 Å². The number of urea groups is 1. The van der Waals surface area contributed by atoms with Gasteiger partial charge in [0.05, 0.1) is 36.8 Å². The molecule has 0 aliphatic carbocycles. The third kappa shape index (κ3) is 4.35. The first kappa shape index (κ1) is 23.7. The van der Waals surface area contributed by atoms with Crippen molar-refractivity contribution in [3.63, 3.8) is 0 Å². The highest BCUT2D eigenvalue weighted by molar-refractivity contribution is 5.76. The summed E-state index contributed by atoms with van der Waals surface area (Å²) in [4.78, 5) is 15.6. The molecule has 0 radical (unpaired) electrons. The van der Waals surface area contributed by atoms with Gasteiger partial charge in [-0.3, -0.25) is 0 Å². The second kappa shape index (κ2) is 10.3. The minimum Gasteiger partial charge on any atom is -0.497 e. The largest absolute Gasteiger partial charge is 0.497 e. The number of carbonyl (C=O) groups excluding carboxylic acids is 1. The molecule has 3 heterocycles. The maximum atomic E-state index is 13.7. The average Bonchev–Trinajstić information content (AvgIpc) is 3.47. The van der Waals surface area contributed by atoms with Gasteiger partial charge in [-0.2, -0.15) is 5.10 Å². The summed E-state index contributed by atoms with van der Waals surface area (Å²) in [6.07, 6.45) is 2.79. The van der Waals surface area contributed by atoms with Gasteiger partial charge in [-0.25, -0.2) is 9.48 Å². The summed E-state index contributed by atoms with van der Waals surface area (Å²) in [6.45, 7) is 3.54. The molecule has 186 valence electrons. The number of rotatable bonds is 7. The van der Waals surface area contributed by atoms with Crippen molar-refractivity contribution in [3.8, 4) is 17.3 Å². The zero-order valence-electron chi connectivity index (χ0n) is 20.8. The molecule has 1 N–H and O–H groups in total. The molecule has 1 unspecified atom stereocenters. The monoisotopic (exact) mass is 485 g/mol. The first-order valence-electron chi connectivity index (χ1n) is 12.1. The van der Waals surface area contributed by atoms with Crippen molar-refractivity contribution in [1.29, 1.82) is 0 Å². The van der Waals surface area contributed by atoms with Crippen LogP contribution in [0.1, 0.15) is 35.0 Å². The Morgan fingerprint density at radius 1 is 1.08 bits per heavy atom. The number of aromatic nitrogens is 3. The number of fused-ring (bicyclic) bond motifs is 3. The van der Waals surface area contributed by atoms with Gasteiger partial charge in [-0.1, -0.05) is 30.3 Å². The van der Waals surface area contributed by atoms with Crippen LogP contribution in [0.25, 0.3) is 11.5 Å². The molecule has 36 heavy (non-hydrogen) atoms. The second-order valence-electron chi connectivity index (χ2n) is 8.82. The van der Waals surface area contributed by atoms with Gasteiger partial charge in [-0.15, -0.1) is 0 Å². The summed E-state index contributed by atoms with van der Waals surface area (Å²) in [5.41, 5.74) is 4.82. The van der Waals surface area contributed by atoms with E-state index in [9.17, 15) is 4.79 Å². The van der Waals surface area contributed by atoms with Crippen LogP contribution in [0, 0.1) is 6.92 Å². The van der Waals surface area contributed by atoms with Gasteiger partial charge in [0.1, 0.15) is 11.6 Å². The Bertz CT molecular complexity index is 1340. The van der Waals surface area contributed by atoms with E-state index in [2.05, 4.69) is 16.0 Å². The molecule has 4 aromatic rings. The van der Waals surface area contributed by atoms with E-state index in [0.29, 0.717) is 19.7 Å². The molecule has 5 rings (SSSR count). The number of aryl methyl sites for hydroxylation is 1. The summed E-state index contributed by atoms with van der Waals surface area (Å²) < 4.78 is 14.8. The number of ether oxygens (including phenoxy) is 2. The Kier molecular flexibility index (Phi) is 6.77. The molecule has 2 amide bonds. The lowest BCUT2D eigenvalue weighted by atomic mass is 10.0. The van der Waals surface area contributed by atoms with Crippen LogP contribution >= 0.6 is 0 Å². The molecule has 1 aliphatic rings. The molecule has 2 aromatic heterocycles. The van der Waals surface area contributed by atoms with Gasteiger partial charge < -0.3 is 24.3 Å². The molecule has 0 fully saturated rings. The Morgan fingerprint density at radius 2 is 1.92 bits per heavy atom. The van der Waals surface area contributed by atoms with Crippen molar-refractivity contribution in [3.05, 3.63) is 95.4 Å². The number of methoxy groups -OCH3 is 2. The van der Waals surface area contributed by atoms with E-state index in [0.717, 1.165) is 46.2 Å². The number of benzene rings is 2. The average molecular weight is 486 g/mol. The van der Waals surface area contributed by atoms with Gasteiger partial charge in [0.15, 0.2) is 0 Å². The van der Waals surface area contributed by atoms with Gasteiger partial charge in [0.25, 0.3) is 0 Å². The number of nitrogens with zero attached hydrogens (tertiary/aromatic N) is 4. The summed E-state index contributed by atoms with van der Waals surface area (Å²) in [5, 5.41) is 7.98. The Labute approximate surface area is 211 Å². The van der Waals surface area contributed by atoms with E-state index in [4.69, 9.17) is 14.6 Å². The molecule has 0 saturated heterocycles. The first-order valence-corrected chi connectivity index (χ1v) is 12.1. The Morgan fingerprint density at radius 3 is 2.69 bits per heavy atom. The van der Waals surface area contributed by atoms with Crippen LogP contribution in [0.4, 0.5) is 4.79 Å². The smallest absolute Gasteiger partial charge is 0.318 e. The minimum atomic E-state index is -0.325. The number of hydrogen-bond donors (Lipinski definition) is 1. The topological polar surface area (TPSA) is 73.5 Å². The Hall–Kier alpha value is -4.04. The van der Waals surface area contributed by atoms with Crippen LogP contribution in [0.15, 0.2) is 72.9 Å². The van der Waals surface area contributed by atoms with E-state index in [1.807, 2.05) is 83.4 Å². The molecule has 1 aliphatic heterocycles. The summed E-state index contributed by atoms with van der Waals surface area (Å²) in [6, 6.07) is 21.6. The number of nitrogens with one attached hydrogen (secondary N) is 1. The number of para-hydroxylation sites is 1. The summed E-state index contributed by atoms with van der Waals surface area (Å²) in [5.74, 6) is 1.70. The zero-order chi connectivity index (χ0) is 25.1. The second-order valence-corrected chi connectivity index (χ2v) is 8.82. The number of carbonyl (C=O) groups is 1. The molecule has 0 spiro atoms. The van der Waals surface area contributed by atoms with Crippen LogP contribution in [0.5, 0.6) is 5.75 Å². The highest BCUT2D eigenvalue weighted by atomic mass is 16.5. The molecule has 0 saturated carbocycles. The lowest BCUT2D eigenvalue weighted by Crippen LogP contribution is -2.42. The van der Waals surface area contributed by atoms with Crippen LogP contribution in [-0.4, -0.2) is 52.6 Å². The molecule has 8 nitrogen and oxygen atoms in total. The lowest BCUT2D eigenvalue weighted by Gasteiger charge is -2.31. The van der Waals surface area contributed by atoms with Crippen molar-refractivity contribution in [1.82, 2.24) is 24.6 Å². The molecular weight excluding hydrogens is 454 g/mol. The first-order chi connectivity index (χ1) is 17.6. The highest BCUT2D eigenvalue weighted by Crippen LogP contribution is 2.39. The predicted molar refractivity (Wildman–Crippen MR) is 138 cm³/mol. The fourth-order valence-corrected chi connectivity index (χ4v) is 4.83. The SMILES string of the molecule is COCCCNC(=O)N1Cc2c(C)nn(-c3ccccc3)c2-n2cccc2C1c1cccc(OC)c1. The zero-order valence-corrected chi connectivity index (χ0v) is 20.8.